The maximum Gasteiger partial charge on any atom is 0.573 e. The molecule has 1 saturated carbocycles. The molecule has 0 saturated heterocycles. The number of aliphatic hydroxyl groups is 1. The molecule has 0 aromatic heterocycles. The molecular weight excluding hydrogens is 575 g/mol. The number of methoxy groups -OCH3 is 1. The maximum atomic E-state index is 14.3. The van der Waals surface area contributed by atoms with Crippen LogP contribution in [0.3, 0.4) is 0 Å². The molecule has 1 atom stereocenters. The topological polar surface area (TPSA) is 92.6 Å². The van der Waals surface area contributed by atoms with Crippen molar-refractivity contribution in [3.8, 4) is 11.5 Å². The Bertz CT molecular complexity index is 1490. The number of nitrogens with one attached hydrogen (secondary N) is 1. The summed E-state index contributed by atoms with van der Waals surface area (Å²) in [6, 6.07) is 15.3. The summed E-state index contributed by atoms with van der Waals surface area (Å²) in [6.45, 7) is 1.93. The van der Waals surface area contributed by atoms with Gasteiger partial charge in [0.05, 0.1) is 25.1 Å². The Balaban J connectivity index is 1.52. The quantitative estimate of drug-likeness (QED) is 0.163. The Hall–Kier alpha value is -3.96. The molecule has 0 bridgehead atoms. The number of oxime groups is 1. The van der Waals surface area contributed by atoms with Crippen LogP contribution in [-0.2, 0) is 15.0 Å². The number of alkyl halides is 3. The first kappa shape index (κ1) is 29.5. The lowest BCUT2D eigenvalue weighted by molar-refractivity contribution is -0.274. The number of benzene rings is 3. The van der Waals surface area contributed by atoms with Crippen molar-refractivity contribution in [3.63, 3.8) is 0 Å². The van der Waals surface area contributed by atoms with Crippen LogP contribution in [-0.4, -0.2) is 50.0 Å². The summed E-state index contributed by atoms with van der Waals surface area (Å²) in [5, 5.41) is 16.8. The molecule has 12 heteroatoms. The number of anilines is 2. The van der Waals surface area contributed by atoms with E-state index in [4.69, 9.17) is 26.3 Å². The Morgan fingerprint density at radius 1 is 1.12 bits per heavy atom. The highest BCUT2D eigenvalue weighted by Crippen LogP contribution is 2.57. The van der Waals surface area contributed by atoms with E-state index < -0.39 is 12.4 Å². The zero-order valence-corrected chi connectivity index (χ0v) is 23.6. The lowest BCUT2D eigenvalue weighted by Crippen LogP contribution is -2.38. The van der Waals surface area contributed by atoms with Gasteiger partial charge in [-0.05, 0) is 61.2 Å². The van der Waals surface area contributed by atoms with Crippen molar-refractivity contribution in [2.75, 3.05) is 37.1 Å². The van der Waals surface area contributed by atoms with Gasteiger partial charge in [-0.15, -0.1) is 13.2 Å². The van der Waals surface area contributed by atoms with E-state index in [2.05, 4.69) is 15.2 Å². The molecule has 8 nitrogen and oxygen atoms in total. The summed E-state index contributed by atoms with van der Waals surface area (Å²) < 4.78 is 48.7. The number of ether oxygens (including phenoxy) is 2. The van der Waals surface area contributed by atoms with Gasteiger partial charge in [-0.2, -0.15) is 0 Å². The van der Waals surface area contributed by atoms with Crippen LogP contribution in [0.1, 0.15) is 42.5 Å². The van der Waals surface area contributed by atoms with E-state index in [0.29, 0.717) is 45.5 Å². The van der Waals surface area contributed by atoms with Gasteiger partial charge in [0.2, 0.25) is 0 Å². The molecule has 3 aromatic carbocycles. The fourth-order valence-corrected chi connectivity index (χ4v) is 5.26. The Kier molecular flexibility index (Phi) is 8.25. The van der Waals surface area contributed by atoms with Gasteiger partial charge in [0, 0.05) is 40.4 Å². The number of aliphatic hydroxyl groups excluding tert-OH is 1. The highest BCUT2D eigenvalue weighted by atomic mass is 35.5. The first-order chi connectivity index (χ1) is 20.0. The first-order valence-corrected chi connectivity index (χ1v) is 13.6. The number of amides is 1. The van der Waals surface area contributed by atoms with Crippen molar-refractivity contribution < 1.29 is 37.4 Å². The third-order valence-corrected chi connectivity index (χ3v) is 7.60. The number of hydrogen-bond acceptors (Lipinski definition) is 7. The van der Waals surface area contributed by atoms with Crippen LogP contribution in [0.2, 0.25) is 5.02 Å². The van der Waals surface area contributed by atoms with E-state index in [-0.39, 0.29) is 30.3 Å². The molecule has 42 heavy (non-hydrogen) atoms. The van der Waals surface area contributed by atoms with Crippen molar-refractivity contribution in [1.29, 1.82) is 0 Å². The van der Waals surface area contributed by atoms with Crippen LogP contribution in [0.15, 0.2) is 65.8 Å². The number of nitrogens with zero attached hydrogens (tertiary/aromatic N) is 2. The van der Waals surface area contributed by atoms with Gasteiger partial charge in [0.25, 0.3) is 5.91 Å². The predicted octanol–water partition coefficient (Wildman–Crippen LogP) is 6.21. The van der Waals surface area contributed by atoms with Crippen molar-refractivity contribution in [2.24, 2.45) is 5.16 Å². The molecule has 1 heterocycles. The third kappa shape index (κ3) is 6.42. The van der Waals surface area contributed by atoms with E-state index in [1.807, 2.05) is 0 Å². The van der Waals surface area contributed by atoms with Crippen LogP contribution < -0.4 is 19.7 Å². The highest BCUT2D eigenvalue weighted by Gasteiger charge is 2.54. The second kappa shape index (κ2) is 11.7. The van der Waals surface area contributed by atoms with E-state index >= 15 is 0 Å². The van der Waals surface area contributed by atoms with Gasteiger partial charge in [-0.1, -0.05) is 35.0 Å². The summed E-state index contributed by atoms with van der Waals surface area (Å²) in [7, 11) is 1.51. The lowest BCUT2D eigenvalue weighted by Gasteiger charge is -2.27. The molecule has 5 rings (SSSR count). The Morgan fingerprint density at radius 2 is 1.86 bits per heavy atom. The van der Waals surface area contributed by atoms with Gasteiger partial charge in [-0.25, -0.2) is 0 Å². The summed E-state index contributed by atoms with van der Waals surface area (Å²) in [6.07, 6.45) is -3.20. The average molecular weight is 604 g/mol. The molecule has 1 aliphatic carbocycles. The number of carbonyl (C=O) groups is 1. The van der Waals surface area contributed by atoms with Gasteiger partial charge in [-0.3, -0.25) is 4.79 Å². The van der Waals surface area contributed by atoms with Gasteiger partial charge >= 0.3 is 6.36 Å². The number of fused-ring (bicyclic) bond motifs is 2. The van der Waals surface area contributed by atoms with Crippen LogP contribution in [0.25, 0.3) is 0 Å². The summed E-state index contributed by atoms with van der Waals surface area (Å²) in [5.74, 6) is -0.248. The monoisotopic (exact) mass is 603 g/mol. The third-order valence-electron chi connectivity index (χ3n) is 7.35. The van der Waals surface area contributed by atoms with Crippen LogP contribution in [0.4, 0.5) is 24.5 Å². The van der Waals surface area contributed by atoms with Crippen molar-refractivity contribution >= 4 is 34.6 Å². The molecule has 1 unspecified atom stereocenters. The molecule has 0 radical (unpaired) electrons. The SMILES string of the molecule is COc1cc(NC(C(=O)N2CC3(CC3)c3ccc(OC(F)(F)F)cc32)c2ccc(Cl)cc2)cc(/C(C)=N/OCCO)c1. The number of rotatable bonds is 10. The van der Waals surface area contributed by atoms with Crippen molar-refractivity contribution in [2.45, 2.75) is 37.6 Å². The highest BCUT2D eigenvalue weighted by molar-refractivity contribution is 6.30. The minimum atomic E-state index is -4.86. The minimum absolute atomic E-state index is 0.0358. The fraction of sp³-hybridized carbons (Fsp3) is 0.333. The van der Waals surface area contributed by atoms with Crippen molar-refractivity contribution in [1.82, 2.24) is 0 Å². The maximum absolute atomic E-state index is 14.3. The zero-order chi connectivity index (χ0) is 30.1. The molecule has 1 fully saturated rings. The molecule has 222 valence electrons. The molecule has 1 spiro atoms. The standard InChI is InChI=1S/C30H29ClF3N3O5/c1-18(36-41-12-11-38)20-13-22(15-24(14-20)40-2)35-27(19-3-5-21(31)6-4-19)28(39)37-17-29(9-10-29)25-8-7-23(16-26(25)37)42-30(32,33)34/h3-8,13-16,27,35,38H,9-12,17H2,1-2H3/b36-18+. The molecular formula is C30H29ClF3N3O5. The summed E-state index contributed by atoms with van der Waals surface area (Å²) in [4.78, 5) is 21.0. The Labute approximate surface area is 245 Å². The zero-order valence-electron chi connectivity index (χ0n) is 22.9. The Morgan fingerprint density at radius 3 is 2.50 bits per heavy atom. The first-order valence-electron chi connectivity index (χ1n) is 13.2. The molecule has 1 aliphatic heterocycles. The van der Waals surface area contributed by atoms with E-state index in [1.54, 1.807) is 55.5 Å². The lowest BCUT2D eigenvalue weighted by atomic mass is 9.99. The minimum Gasteiger partial charge on any atom is -0.497 e. The largest absolute Gasteiger partial charge is 0.573 e. The number of hydrogen-bond donors (Lipinski definition) is 2. The van der Waals surface area contributed by atoms with E-state index in [9.17, 15) is 18.0 Å². The number of halogens is 4. The molecule has 3 aromatic rings. The van der Waals surface area contributed by atoms with Crippen molar-refractivity contribution in [3.05, 3.63) is 82.4 Å². The molecule has 2 N–H and O–H groups in total. The second-order valence-corrected chi connectivity index (χ2v) is 10.7. The smallest absolute Gasteiger partial charge is 0.497 e. The van der Waals surface area contributed by atoms with E-state index in [0.717, 1.165) is 18.4 Å². The summed E-state index contributed by atoms with van der Waals surface area (Å²) in [5.41, 5.74) is 3.25. The average Bonchev–Trinajstić information content (AvgIpc) is 3.67. The van der Waals surface area contributed by atoms with E-state index in [1.165, 1.54) is 24.1 Å². The normalized spacial score (nSPS) is 16.2. The number of carbonyl (C=O) groups excluding carboxylic acids is 1. The fourth-order valence-electron chi connectivity index (χ4n) is 5.14. The van der Waals surface area contributed by atoms with Gasteiger partial charge in [0.15, 0.2) is 0 Å². The van der Waals surface area contributed by atoms with Crippen LogP contribution in [0, 0.1) is 0 Å². The van der Waals surface area contributed by atoms with Gasteiger partial charge < -0.3 is 29.6 Å². The summed E-state index contributed by atoms with van der Waals surface area (Å²) >= 11 is 6.13. The molecule has 2 aliphatic rings. The predicted molar refractivity (Wildman–Crippen MR) is 152 cm³/mol. The van der Waals surface area contributed by atoms with Crippen LogP contribution >= 0.6 is 11.6 Å². The second-order valence-electron chi connectivity index (χ2n) is 10.2. The van der Waals surface area contributed by atoms with Gasteiger partial charge in [0.1, 0.15) is 24.1 Å². The molecule has 1 amide bonds. The van der Waals surface area contributed by atoms with Crippen LogP contribution in [0.5, 0.6) is 11.5 Å².